The predicted molar refractivity (Wildman–Crippen MR) is 78.5 cm³/mol. The number of methoxy groups -OCH3 is 1. The average Bonchev–Trinajstić information content (AvgIpc) is 2.39. The molecular weight excluding hydrogens is 297 g/mol. The van der Waals surface area contributed by atoms with Crippen LogP contribution in [0.3, 0.4) is 0 Å². The smallest absolute Gasteiger partial charge is 0.238 e. The summed E-state index contributed by atoms with van der Waals surface area (Å²) >= 11 is 0. The van der Waals surface area contributed by atoms with Gasteiger partial charge < -0.3 is 15.8 Å². The number of nitrogens with one attached hydrogen (secondary N) is 1. The SMILES string of the molecule is COc1cc(F)ccc1Nc1cc(N)cc(S(N)(=O)=O)c1. The molecule has 2 aromatic carbocycles. The van der Waals surface area contributed by atoms with Crippen LogP contribution in [0.15, 0.2) is 41.3 Å². The van der Waals surface area contributed by atoms with Crippen LogP contribution >= 0.6 is 0 Å². The van der Waals surface area contributed by atoms with E-state index in [0.717, 1.165) is 0 Å². The van der Waals surface area contributed by atoms with Crippen LogP contribution in [0.1, 0.15) is 0 Å². The second-order valence-corrected chi connectivity index (χ2v) is 5.87. The molecule has 0 amide bonds. The summed E-state index contributed by atoms with van der Waals surface area (Å²) in [5.41, 5.74) is 6.74. The van der Waals surface area contributed by atoms with Gasteiger partial charge in [0, 0.05) is 17.4 Å². The van der Waals surface area contributed by atoms with Gasteiger partial charge >= 0.3 is 0 Å². The Hall–Kier alpha value is -2.32. The van der Waals surface area contributed by atoms with Crippen molar-refractivity contribution >= 4 is 27.1 Å². The topological polar surface area (TPSA) is 107 Å². The lowest BCUT2D eigenvalue weighted by Crippen LogP contribution is -2.12. The maximum atomic E-state index is 13.1. The van der Waals surface area contributed by atoms with E-state index in [1.807, 2.05) is 0 Å². The van der Waals surface area contributed by atoms with Gasteiger partial charge in [-0.25, -0.2) is 17.9 Å². The van der Waals surface area contributed by atoms with E-state index < -0.39 is 15.8 Å². The first kappa shape index (κ1) is 15.1. The van der Waals surface area contributed by atoms with E-state index in [4.69, 9.17) is 15.6 Å². The highest BCUT2D eigenvalue weighted by Crippen LogP contribution is 2.30. The Balaban J connectivity index is 2.43. The van der Waals surface area contributed by atoms with E-state index in [-0.39, 0.29) is 16.3 Å². The molecule has 0 fully saturated rings. The van der Waals surface area contributed by atoms with Crippen molar-refractivity contribution in [2.45, 2.75) is 4.90 Å². The maximum absolute atomic E-state index is 13.1. The minimum absolute atomic E-state index is 0.119. The molecule has 0 unspecified atom stereocenters. The molecular formula is C13H14FN3O3S. The van der Waals surface area contributed by atoms with E-state index in [1.165, 1.54) is 43.5 Å². The summed E-state index contributed by atoms with van der Waals surface area (Å²) in [7, 11) is -2.48. The number of ether oxygens (including phenoxy) is 1. The van der Waals surface area contributed by atoms with Crippen molar-refractivity contribution < 1.29 is 17.5 Å². The average molecular weight is 311 g/mol. The van der Waals surface area contributed by atoms with E-state index in [9.17, 15) is 12.8 Å². The number of hydrogen-bond acceptors (Lipinski definition) is 5. The summed E-state index contributed by atoms with van der Waals surface area (Å²) in [5.74, 6) is -0.176. The molecule has 112 valence electrons. The number of anilines is 3. The van der Waals surface area contributed by atoms with Crippen molar-refractivity contribution in [3.8, 4) is 5.75 Å². The first-order chi connectivity index (χ1) is 9.79. The van der Waals surface area contributed by atoms with Gasteiger partial charge in [0.1, 0.15) is 11.6 Å². The molecule has 21 heavy (non-hydrogen) atoms. The fraction of sp³-hybridized carbons (Fsp3) is 0.0769. The fourth-order valence-electron chi connectivity index (χ4n) is 1.78. The standard InChI is InChI=1S/C13H14FN3O3S/c1-20-13-4-8(14)2-3-12(13)17-10-5-9(15)6-11(7-10)21(16,18)19/h2-7,17H,15H2,1H3,(H2,16,18,19). The molecule has 0 aromatic heterocycles. The zero-order valence-electron chi connectivity index (χ0n) is 11.1. The van der Waals surface area contributed by atoms with Gasteiger partial charge in [0.15, 0.2) is 0 Å². The van der Waals surface area contributed by atoms with E-state index in [0.29, 0.717) is 11.4 Å². The molecule has 0 atom stereocenters. The number of primary sulfonamides is 1. The van der Waals surface area contributed by atoms with E-state index >= 15 is 0 Å². The molecule has 8 heteroatoms. The molecule has 5 N–H and O–H groups in total. The molecule has 2 rings (SSSR count). The summed E-state index contributed by atoms with van der Waals surface area (Å²) in [6.45, 7) is 0. The van der Waals surface area contributed by atoms with Gasteiger partial charge in [0.2, 0.25) is 10.0 Å². The summed E-state index contributed by atoms with van der Waals surface area (Å²) in [5, 5.41) is 7.99. The van der Waals surface area contributed by atoms with Gasteiger partial charge in [0.25, 0.3) is 0 Å². The van der Waals surface area contributed by atoms with Crippen molar-refractivity contribution in [2.75, 3.05) is 18.2 Å². The zero-order valence-corrected chi connectivity index (χ0v) is 11.9. The Labute approximate surface area is 121 Å². The van der Waals surface area contributed by atoms with E-state index in [2.05, 4.69) is 5.32 Å². The van der Waals surface area contributed by atoms with Crippen LogP contribution in [0.4, 0.5) is 21.5 Å². The van der Waals surface area contributed by atoms with Crippen LogP contribution in [0, 0.1) is 5.82 Å². The van der Waals surface area contributed by atoms with Crippen LogP contribution < -0.4 is 20.9 Å². The van der Waals surface area contributed by atoms with Gasteiger partial charge in [0.05, 0.1) is 17.7 Å². The lowest BCUT2D eigenvalue weighted by atomic mass is 10.2. The second kappa shape index (κ2) is 5.58. The van der Waals surface area contributed by atoms with Gasteiger partial charge in [-0.1, -0.05) is 0 Å². The summed E-state index contributed by atoms with van der Waals surface area (Å²) in [6.07, 6.45) is 0. The molecule has 0 saturated heterocycles. The van der Waals surface area contributed by atoms with Gasteiger partial charge in [-0.3, -0.25) is 0 Å². The molecule has 0 bridgehead atoms. The summed E-state index contributed by atoms with van der Waals surface area (Å²) < 4.78 is 40.9. The second-order valence-electron chi connectivity index (χ2n) is 4.31. The van der Waals surface area contributed by atoms with Crippen LogP contribution in [0.2, 0.25) is 0 Å². The minimum atomic E-state index is -3.87. The first-order valence-electron chi connectivity index (χ1n) is 5.83. The quantitative estimate of drug-likeness (QED) is 0.746. The van der Waals surface area contributed by atoms with Crippen LogP contribution in [-0.2, 0) is 10.0 Å². The normalized spacial score (nSPS) is 11.2. The highest BCUT2D eigenvalue weighted by molar-refractivity contribution is 7.89. The third-order valence-electron chi connectivity index (χ3n) is 2.70. The van der Waals surface area contributed by atoms with Gasteiger partial charge in [-0.2, -0.15) is 0 Å². The van der Waals surface area contributed by atoms with Crippen molar-refractivity contribution in [3.63, 3.8) is 0 Å². The van der Waals surface area contributed by atoms with Crippen molar-refractivity contribution in [2.24, 2.45) is 5.14 Å². The largest absolute Gasteiger partial charge is 0.494 e. The number of hydrogen-bond donors (Lipinski definition) is 3. The van der Waals surface area contributed by atoms with E-state index in [1.54, 1.807) is 0 Å². The Morgan fingerprint density at radius 1 is 1.19 bits per heavy atom. The Morgan fingerprint density at radius 3 is 2.52 bits per heavy atom. The summed E-state index contributed by atoms with van der Waals surface area (Å²) in [6, 6.07) is 8.02. The molecule has 0 radical (unpaired) electrons. The van der Waals surface area contributed by atoms with Gasteiger partial charge in [-0.15, -0.1) is 0 Å². The number of nitrogens with two attached hydrogens (primary N) is 2. The van der Waals surface area contributed by atoms with Gasteiger partial charge in [-0.05, 0) is 30.3 Å². The predicted octanol–water partition coefficient (Wildman–Crippen LogP) is 1.81. The zero-order chi connectivity index (χ0) is 15.6. The minimum Gasteiger partial charge on any atom is -0.494 e. The molecule has 6 nitrogen and oxygen atoms in total. The third kappa shape index (κ3) is 3.61. The number of sulfonamides is 1. The van der Waals surface area contributed by atoms with Crippen molar-refractivity contribution in [1.82, 2.24) is 0 Å². The molecule has 0 saturated carbocycles. The number of nitrogen functional groups attached to an aromatic ring is 1. The molecule has 0 aliphatic heterocycles. The van der Waals surface area contributed by atoms with Crippen LogP contribution in [0.25, 0.3) is 0 Å². The third-order valence-corrected chi connectivity index (χ3v) is 3.59. The van der Waals surface area contributed by atoms with Crippen LogP contribution in [-0.4, -0.2) is 15.5 Å². The van der Waals surface area contributed by atoms with Crippen LogP contribution in [0.5, 0.6) is 5.75 Å². The molecule has 0 heterocycles. The Bertz CT molecular complexity index is 778. The highest BCUT2D eigenvalue weighted by atomic mass is 32.2. The molecule has 2 aromatic rings. The van der Waals surface area contributed by atoms with Crippen molar-refractivity contribution in [3.05, 3.63) is 42.2 Å². The molecule has 0 aliphatic carbocycles. The lowest BCUT2D eigenvalue weighted by Gasteiger charge is -2.12. The molecule has 0 aliphatic rings. The lowest BCUT2D eigenvalue weighted by molar-refractivity contribution is 0.413. The first-order valence-corrected chi connectivity index (χ1v) is 7.38. The molecule has 0 spiro atoms. The Morgan fingerprint density at radius 2 is 1.90 bits per heavy atom. The highest BCUT2D eigenvalue weighted by Gasteiger charge is 2.11. The maximum Gasteiger partial charge on any atom is 0.238 e. The Kier molecular flexibility index (Phi) is 4.01. The number of benzene rings is 2. The number of halogens is 1. The van der Waals surface area contributed by atoms with Crippen molar-refractivity contribution in [1.29, 1.82) is 0 Å². The number of rotatable bonds is 4. The fourth-order valence-corrected chi connectivity index (χ4v) is 2.37. The summed E-state index contributed by atoms with van der Waals surface area (Å²) in [4.78, 5) is -0.119. The monoisotopic (exact) mass is 311 g/mol.